The maximum Gasteiger partial charge on any atom is 0.145 e. The van der Waals surface area contributed by atoms with Crippen molar-refractivity contribution in [1.82, 2.24) is 0 Å². The summed E-state index contributed by atoms with van der Waals surface area (Å²) in [5, 5.41) is 0.284. The molecule has 0 aromatic rings. The Balaban J connectivity index is 2.18. The van der Waals surface area contributed by atoms with Crippen molar-refractivity contribution in [2.24, 2.45) is 0 Å². The van der Waals surface area contributed by atoms with Gasteiger partial charge in [0.25, 0.3) is 0 Å². The molecule has 1 saturated heterocycles. The third-order valence-corrected chi connectivity index (χ3v) is 3.71. The van der Waals surface area contributed by atoms with Gasteiger partial charge in [-0.3, -0.25) is 4.79 Å². The molecule has 1 rings (SSSR count). The minimum atomic E-state index is 0.284. The summed E-state index contributed by atoms with van der Waals surface area (Å²) >= 11 is 1.83. The number of hydrogen-bond donors (Lipinski definition) is 0. The van der Waals surface area contributed by atoms with Crippen LogP contribution in [0.1, 0.15) is 38.5 Å². The molecule has 1 aliphatic heterocycles. The summed E-state index contributed by atoms with van der Waals surface area (Å²) in [5.74, 6) is 4.14. The van der Waals surface area contributed by atoms with Crippen molar-refractivity contribution in [3.05, 3.63) is 0 Å². The fourth-order valence-corrected chi connectivity index (χ4v) is 2.81. The van der Waals surface area contributed by atoms with Gasteiger partial charge < -0.3 is 0 Å². The fraction of sp³-hybridized carbons (Fsp3) is 0.727. The Bertz CT molecular complexity index is 199. The number of terminal acetylenes is 1. The Kier molecular flexibility index (Phi) is 5.00. The summed E-state index contributed by atoms with van der Waals surface area (Å²) in [6.07, 6.45) is 11.0. The van der Waals surface area contributed by atoms with Gasteiger partial charge in [0.2, 0.25) is 0 Å². The lowest BCUT2D eigenvalue weighted by atomic mass is 10.1. The molecular weight excluding hydrogens is 180 g/mol. The molecule has 1 nitrogen and oxygen atoms in total. The molecule has 1 atom stereocenters. The Labute approximate surface area is 84.7 Å². The molecule has 1 unspecified atom stereocenters. The van der Waals surface area contributed by atoms with Crippen LogP contribution in [0, 0.1) is 12.3 Å². The molecular formula is C11H16OS. The van der Waals surface area contributed by atoms with E-state index in [1.54, 1.807) is 0 Å². The van der Waals surface area contributed by atoms with E-state index in [9.17, 15) is 4.79 Å². The highest BCUT2D eigenvalue weighted by Gasteiger charge is 2.20. The first-order valence-electron chi connectivity index (χ1n) is 4.92. The second kappa shape index (κ2) is 6.10. The summed E-state index contributed by atoms with van der Waals surface area (Å²) in [6.45, 7) is 0. The average molecular weight is 196 g/mol. The first kappa shape index (κ1) is 10.7. The van der Waals surface area contributed by atoms with Gasteiger partial charge in [0.05, 0.1) is 5.25 Å². The van der Waals surface area contributed by atoms with Gasteiger partial charge in [-0.2, -0.15) is 11.8 Å². The van der Waals surface area contributed by atoms with Gasteiger partial charge in [-0.25, -0.2) is 0 Å². The van der Waals surface area contributed by atoms with Crippen molar-refractivity contribution in [2.75, 3.05) is 5.75 Å². The highest BCUT2D eigenvalue weighted by atomic mass is 32.2. The lowest BCUT2D eigenvalue weighted by Crippen LogP contribution is -2.20. The summed E-state index contributed by atoms with van der Waals surface area (Å²) in [4.78, 5) is 11.6. The van der Waals surface area contributed by atoms with Gasteiger partial charge in [0.1, 0.15) is 5.78 Å². The largest absolute Gasteiger partial charge is 0.298 e. The van der Waals surface area contributed by atoms with Crippen LogP contribution in [0.3, 0.4) is 0 Å². The van der Waals surface area contributed by atoms with Crippen molar-refractivity contribution in [2.45, 2.75) is 43.8 Å². The quantitative estimate of drug-likeness (QED) is 0.508. The van der Waals surface area contributed by atoms with E-state index >= 15 is 0 Å². The second-order valence-corrected chi connectivity index (χ2v) is 4.69. The smallest absolute Gasteiger partial charge is 0.145 e. The highest BCUT2D eigenvalue weighted by molar-refractivity contribution is 8.00. The molecule has 0 bridgehead atoms. The van der Waals surface area contributed by atoms with E-state index in [1.807, 2.05) is 11.8 Å². The van der Waals surface area contributed by atoms with E-state index in [1.165, 1.54) is 12.8 Å². The van der Waals surface area contributed by atoms with Crippen LogP contribution in [0.15, 0.2) is 0 Å². The molecule has 72 valence electrons. The van der Waals surface area contributed by atoms with Gasteiger partial charge in [0, 0.05) is 12.8 Å². The Morgan fingerprint density at radius 3 is 3.00 bits per heavy atom. The predicted octanol–water partition coefficient (Wildman–Crippen LogP) is 2.64. The van der Waals surface area contributed by atoms with Crippen LogP contribution < -0.4 is 0 Å². The number of hydrogen-bond acceptors (Lipinski definition) is 2. The second-order valence-electron chi connectivity index (χ2n) is 3.38. The molecule has 13 heavy (non-hydrogen) atoms. The van der Waals surface area contributed by atoms with Crippen LogP contribution in [-0.4, -0.2) is 16.8 Å². The maximum atomic E-state index is 11.6. The number of Topliss-reactive ketones (excluding diaryl/α,β-unsaturated/α-hetero) is 1. The third kappa shape index (κ3) is 3.87. The van der Waals surface area contributed by atoms with Gasteiger partial charge in [0.15, 0.2) is 0 Å². The third-order valence-electron chi connectivity index (χ3n) is 2.28. The highest BCUT2D eigenvalue weighted by Crippen LogP contribution is 2.26. The monoisotopic (exact) mass is 196 g/mol. The Morgan fingerprint density at radius 2 is 2.38 bits per heavy atom. The first-order valence-corrected chi connectivity index (χ1v) is 5.97. The van der Waals surface area contributed by atoms with Crippen molar-refractivity contribution in [1.29, 1.82) is 0 Å². The van der Waals surface area contributed by atoms with Gasteiger partial charge in [-0.1, -0.05) is 6.42 Å². The summed E-state index contributed by atoms with van der Waals surface area (Å²) in [6, 6.07) is 0. The molecule has 0 radical (unpaired) electrons. The molecule has 0 N–H and O–H groups in total. The van der Waals surface area contributed by atoms with Crippen LogP contribution in [0.5, 0.6) is 0 Å². The number of unbranched alkanes of at least 4 members (excludes halogenated alkanes) is 1. The molecule has 1 aliphatic rings. The number of carbonyl (C=O) groups excluding carboxylic acids is 1. The zero-order chi connectivity index (χ0) is 9.52. The van der Waals surface area contributed by atoms with Crippen LogP contribution in [0.4, 0.5) is 0 Å². The van der Waals surface area contributed by atoms with Crippen LogP contribution in [-0.2, 0) is 4.79 Å². The van der Waals surface area contributed by atoms with Crippen molar-refractivity contribution in [3.63, 3.8) is 0 Å². The van der Waals surface area contributed by atoms with Crippen molar-refractivity contribution >= 4 is 17.5 Å². The summed E-state index contributed by atoms with van der Waals surface area (Å²) in [5.41, 5.74) is 0. The van der Waals surface area contributed by atoms with Crippen molar-refractivity contribution in [3.8, 4) is 12.3 Å². The number of rotatable bonds is 4. The normalized spacial score (nSPS) is 22.2. The molecule has 0 spiro atoms. The maximum absolute atomic E-state index is 11.6. The first-order chi connectivity index (χ1) is 6.34. The fourth-order valence-electron chi connectivity index (χ4n) is 1.52. The zero-order valence-corrected chi connectivity index (χ0v) is 8.74. The Morgan fingerprint density at radius 1 is 1.54 bits per heavy atom. The molecule has 1 fully saturated rings. The lowest BCUT2D eigenvalue weighted by molar-refractivity contribution is -0.118. The molecule has 0 aliphatic carbocycles. The molecule has 0 saturated carbocycles. The number of thioether (sulfide) groups is 1. The van der Waals surface area contributed by atoms with E-state index in [2.05, 4.69) is 5.92 Å². The van der Waals surface area contributed by atoms with Crippen molar-refractivity contribution < 1.29 is 4.79 Å². The van der Waals surface area contributed by atoms with E-state index in [4.69, 9.17) is 6.42 Å². The number of carbonyl (C=O) groups is 1. The van der Waals surface area contributed by atoms with Crippen LogP contribution in [0.25, 0.3) is 0 Å². The van der Waals surface area contributed by atoms with Crippen LogP contribution in [0.2, 0.25) is 0 Å². The van der Waals surface area contributed by atoms with E-state index in [0.29, 0.717) is 12.2 Å². The topological polar surface area (TPSA) is 17.1 Å². The van der Waals surface area contributed by atoms with Gasteiger partial charge >= 0.3 is 0 Å². The minimum Gasteiger partial charge on any atom is -0.298 e. The molecule has 2 heteroatoms. The minimum absolute atomic E-state index is 0.284. The Hall–Kier alpha value is -0.420. The van der Waals surface area contributed by atoms with E-state index in [-0.39, 0.29) is 5.25 Å². The van der Waals surface area contributed by atoms with Gasteiger partial charge in [-0.15, -0.1) is 12.3 Å². The van der Waals surface area contributed by atoms with Gasteiger partial charge in [-0.05, 0) is 25.0 Å². The average Bonchev–Trinajstić information content (AvgIpc) is 2.19. The molecule has 0 aromatic carbocycles. The molecule has 0 aromatic heterocycles. The van der Waals surface area contributed by atoms with E-state index < -0.39 is 0 Å². The SMILES string of the molecule is C#CCCCC(=O)C1CCCCS1. The molecule has 1 heterocycles. The molecule has 0 amide bonds. The number of ketones is 1. The standard InChI is InChI=1S/C11H16OS/c1-2-3-4-7-10(12)11-8-5-6-9-13-11/h1,11H,3-9H2. The summed E-state index contributed by atoms with van der Waals surface area (Å²) < 4.78 is 0. The van der Waals surface area contributed by atoms with Crippen LogP contribution >= 0.6 is 11.8 Å². The van der Waals surface area contributed by atoms with E-state index in [0.717, 1.165) is 25.0 Å². The lowest BCUT2D eigenvalue weighted by Gasteiger charge is -2.19. The zero-order valence-electron chi connectivity index (χ0n) is 7.92. The summed E-state index contributed by atoms with van der Waals surface area (Å²) in [7, 11) is 0. The predicted molar refractivity (Wildman–Crippen MR) is 57.8 cm³/mol.